The van der Waals surface area contributed by atoms with Crippen molar-refractivity contribution >= 4 is 22.0 Å². The van der Waals surface area contributed by atoms with Crippen LogP contribution in [0.25, 0.3) is 0 Å². The van der Waals surface area contributed by atoms with Crippen molar-refractivity contribution in [3.63, 3.8) is 0 Å². The van der Waals surface area contributed by atoms with Crippen molar-refractivity contribution in [2.75, 3.05) is 20.2 Å². The van der Waals surface area contributed by atoms with Gasteiger partial charge in [-0.25, -0.2) is 13.2 Å². The van der Waals surface area contributed by atoms with E-state index >= 15 is 0 Å². The highest BCUT2D eigenvalue weighted by Gasteiger charge is 2.35. The van der Waals surface area contributed by atoms with E-state index in [9.17, 15) is 18.0 Å². The van der Waals surface area contributed by atoms with Gasteiger partial charge in [0.1, 0.15) is 6.10 Å². The average Bonchev–Trinajstić information content (AvgIpc) is 2.74. The predicted octanol–water partition coefficient (Wildman–Crippen LogP) is 2.75. The summed E-state index contributed by atoms with van der Waals surface area (Å²) in [6.07, 6.45) is 6.07. The first kappa shape index (κ1) is 20.8. The van der Waals surface area contributed by atoms with E-state index in [-0.39, 0.29) is 41.5 Å². The summed E-state index contributed by atoms with van der Waals surface area (Å²) in [7, 11) is -2.63. The molecule has 0 unspecified atom stereocenters. The zero-order valence-corrected chi connectivity index (χ0v) is 16.9. The van der Waals surface area contributed by atoms with E-state index in [1.54, 1.807) is 12.1 Å². The molecule has 0 radical (unpaired) electrons. The van der Waals surface area contributed by atoms with Crippen molar-refractivity contribution in [1.29, 1.82) is 0 Å². The van der Waals surface area contributed by atoms with E-state index in [0.29, 0.717) is 12.8 Å². The molecule has 0 N–H and O–H groups in total. The van der Waals surface area contributed by atoms with Crippen molar-refractivity contribution in [1.82, 2.24) is 4.31 Å². The molecule has 8 heteroatoms. The maximum atomic E-state index is 13.0. The number of carbonyl (C=O) groups is 2. The largest absolute Gasteiger partial charge is 0.465 e. The molecular formula is C20H27NO6S. The van der Waals surface area contributed by atoms with Crippen LogP contribution in [0.5, 0.6) is 0 Å². The fourth-order valence-electron chi connectivity index (χ4n) is 3.88. The number of carbonyl (C=O) groups excluding carboxylic acids is 2. The first-order chi connectivity index (χ1) is 13.4. The molecule has 3 rings (SSSR count). The van der Waals surface area contributed by atoms with E-state index in [0.717, 1.165) is 25.7 Å². The quantitative estimate of drug-likeness (QED) is 0.695. The van der Waals surface area contributed by atoms with Crippen molar-refractivity contribution in [3.8, 4) is 0 Å². The molecule has 2 fully saturated rings. The Kier molecular flexibility index (Phi) is 6.72. The van der Waals surface area contributed by atoms with Gasteiger partial charge in [-0.2, -0.15) is 4.31 Å². The third-order valence-corrected chi connectivity index (χ3v) is 7.49. The normalized spacial score (nSPS) is 19.9. The van der Waals surface area contributed by atoms with Gasteiger partial charge in [0.05, 0.1) is 23.5 Å². The summed E-state index contributed by atoms with van der Waals surface area (Å²) in [4.78, 5) is 24.3. The Bertz CT molecular complexity index is 808. The SMILES string of the molecule is COC(=O)c1ccccc1S(=O)(=O)N1CCC(C(=O)OC2CCCCC2)CC1. The zero-order valence-electron chi connectivity index (χ0n) is 16.1. The molecule has 154 valence electrons. The van der Waals surface area contributed by atoms with Gasteiger partial charge in [0.25, 0.3) is 0 Å². The van der Waals surface area contributed by atoms with Crippen molar-refractivity contribution < 1.29 is 27.5 Å². The molecule has 0 amide bonds. The molecule has 0 atom stereocenters. The standard InChI is InChI=1S/C20H27NO6S/c1-26-20(23)17-9-5-6-10-18(17)28(24,25)21-13-11-15(12-14-21)19(22)27-16-7-3-2-4-8-16/h5-6,9-10,15-16H,2-4,7-8,11-14H2,1H3. The molecule has 1 saturated carbocycles. The van der Waals surface area contributed by atoms with E-state index in [1.807, 2.05) is 0 Å². The topological polar surface area (TPSA) is 90.0 Å². The number of esters is 2. The molecule has 1 aliphatic carbocycles. The van der Waals surface area contributed by atoms with Gasteiger partial charge in [-0.1, -0.05) is 18.6 Å². The highest BCUT2D eigenvalue weighted by molar-refractivity contribution is 7.89. The minimum Gasteiger partial charge on any atom is -0.465 e. The minimum atomic E-state index is -3.84. The number of methoxy groups -OCH3 is 1. The van der Waals surface area contributed by atoms with Gasteiger partial charge >= 0.3 is 11.9 Å². The average molecular weight is 410 g/mol. The molecule has 1 saturated heterocycles. The lowest BCUT2D eigenvalue weighted by molar-refractivity contribution is -0.156. The maximum absolute atomic E-state index is 13.0. The number of hydrogen-bond donors (Lipinski definition) is 0. The Hall–Kier alpha value is -1.93. The Balaban J connectivity index is 1.64. The van der Waals surface area contributed by atoms with Gasteiger partial charge in [-0.15, -0.1) is 0 Å². The number of sulfonamides is 1. The van der Waals surface area contributed by atoms with Crippen molar-refractivity contribution in [3.05, 3.63) is 29.8 Å². The monoisotopic (exact) mass is 409 g/mol. The molecule has 1 aliphatic heterocycles. The van der Waals surface area contributed by atoms with Gasteiger partial charge in [0.2, 0.25) is 10.0 Å². The summed E-state index contributed by atoms with van der Waals surface area (Å²) in [6.45, 7) is 0.449. The molecule has 1 heterocycles. The van der Waals surface area contributed by atoms with Crippen LogP contribution in [-0.4, -0.2) is 51.0 Å². The van der Waals surface area contributed by atoms with Gasteiger partial charge in [0.15, 0.2) is 0 Å². The van der Waals surface area contributed by atoms with Crippen LogP contribution in [0, 0.1) is 5.92 Å². The van der Waals surface area contributed by atoms with Crippen LogP contribution >= 0.6 is 0 Å². The van der Waals surface area contributed by atoms with Gasteiger partial charge in [0, 0.05) is 13.1 Å². The molecule has 1 aromatic carbocycles. The van der Waals surface area contributed by atoms with Crippen molar-refractivity contribution in [2.45, 2.75) is 55.9 Å². The fourth-order valence-corrected chi connectivity index (χ4v) is 5.53. The summed E-state index contributed by atoms with van der Waals surface area (Å²) in [5, 5.41) is 0. The molecule has 28 heavy (non-hydrogen) atoms. The number of piperidine rings is 1. The van der Waals surface area contributed by atoms with Crippen LogP contribution in [0.4, 0.5) is 0 Å². The first-order valence-corrected chi connectivity index (χ1v) is 11.3. The van der Waals surface area contributed by atoms with Crippen LogP contribution in [-0.2, 0) is 24.3 Å². The number of ether oxygens (including phenoxy) is 2. The second-order valence-corrected chi connectivity index (χ2v) is 9.27. The lowest BCUT2D eigenvalue weighted by Crippen LogP contribution is -2.41. The van der Waals surface area contributed by atoms with Gasteiger partial charge in [-0.05, 0) is 50.7 Å². The number of rotatable bonds is 5. The summed E-state index contributed by atoms with van der Waals surface area (Å²) in [5.74, 6) is -1.17. The minimum absolute atomic E-state index is 0.00921. The summed E-state index contributed by atoms with van der Waals surface area (Å²) in [6, 6.07) is 6.02. The predicted molar refractivity (Wildman–Crippen MR) is 102 cm³/mol. The Morgan fingerprint density at radius 1 is 1.00 bits per heavy atom. The van der Waals surface area contributed by atoms with Gasteiger partial charge < -0.3 is 9.47 Å². The molecule has 7 nitrogen and oxygen atoms in total. The number of hydrogen-bond acceptors (Lipinski definition) is 6. The van der Waals surface area contributed by atoms with E-state index in [1.165, 1.54) is 30.0 Å². The summed E-state index contributed by atoms with van der Waals surface area (Å²) < 4.78 is 37.7. The third kappa shape index (κ3) is 4.55. The first-order valence-electron chi connectivity index (χ1n) is 9.81. The highest BCUT2D eigenvalue weighted by Crippen LogP contribution is 2.28. The lowest BCUT2D eigenvalue weighted by atomic mass is 9.96. The Morgan fingerprint density at radius 2 is 1.64 bits per heavy atom. The van der Waals surface area contributed by atoms with E-state index < -0.39 is 16.0 Å². The molecule has 0 aromatic heterocycles. The number of benzene rings is 1. The van der Waals surface area contributed by atoms with Crippen LogP contribution in [0.2, 0.25) is 0 Å². The van der Waals surface area contributed by atoms with E-state index in [4.69, 9.17) is 9.47 Å². The smallest absolute Gasteiger partial charge is 0.339 e. The Morgan fingerprint density at radius 3 is 2.29 bits per heavy atom. The highest BCUT2D eigenvalue weighted by atomic mass is 32.2. The summed E-state index contributed by atoms with van der Waals surface area (Å²) >= 11 is 0. The van der Waals surface area contributed by atoms with E-state index in [2.05, 4.69) is 0 Å². The maximum Gasteiger partial charge on any atom is 0.339 e. The zero-order chi connectivity index (χ0) is 20.1. The Labute approximate surface area is 166 Å². The number of nitrogens with zero attached hydrogens (tertiary/aromatic N) is 1. The lowest BCUT2D eigenvalue weighted by Gasteiger charge is -2.31. The second kappa shape index (κ2) is 9.05. The van der Waals surface area contributed by atoms with Gasteiger partial charge in [-0.3, -0.25) is 4.79 Å². The molecule has 0 bridgehead atoms. The van der Waals surface area contributed by atoms with Crippen LogP contribution in [0.15, 0.2) is 29.2 Å². The molecule has 1 aromatic rings. The van der Waals surface area contributed by atoms with Crippen LogP contribution < -0.4 is 0 Å². The third-order valence-electron chi connectivity index (χ3n) is 5.53. The fraction of sp³-hybridized carbons (Fsp3) is 0.600. The second-order valence-electron chi connectivity index (χ2n) is 7.36. The van der Waals surface area contributed by atoms with Crippen LogP contribution in [0.1, 0.15) is 55.3 Å². The van der Waals surface area contributed by atoms with Crippen LogP contribution in [0.3, 0.4) is 0 Å². The molecular weight excluding hydrogens is 382 g/mol. The summed E-state index contributed by atoms with van der Waals surface area (Å²) in [5.41, 5.74) is 0.0174. The molecule has 2 aliphatic rings. The molecule has 0 spiro atoms. The van der Waals surface area contributed by atoms with Crippen molar-refractivity contribution in [2.24, 2.45) is 5.92 Å².